The fourth-order valence-corrected chi connectivity index (χ4v) is 4.09. The highest BCUT2D eigenvalue weighted by Gasteiger charge is 2.26. The largest absolute Gasteiger partial charge is 0.317 e. The van der Waals surface area contributed by atoms with Crippen LogP contribution in [0.3, 0.4) is 0 Å². The van der Waals surface area contributed by atoms with Crippen molar-refractivity contribution in [3.05, 3.63) is 15.9 Å². The zero-order chi connectivity index (χ0) is 15.2. The maximum absolute atomic E-state index is 4.66. The second-order valence-electron chi connectivity index (χ2n) is 6.33. The molecule has 2 rings (SSSR count). The molecule has 0 spiro atoms. The van der Waals surface area contributed by atoms with E-state index in [4.69, 9.17) is 0 Å². The second-order valence-corrected chi connectivity index (χ2v) is 7.12. The molecule has 1 saturated carbocycles. The molecular formula is C17H30BrN3. The summed E-state index contributed by atoms with van der Waals surface area (Å²) in [6.45, 7) is 9.72. The Kier molecular flexibility index (Phi) is 6.74. The van der Waals surface area contributed by atoms with Gasteiger partial charge in [-0.05, 0) is 74.0 Å². The molecule has 2 unspecified atom stereocenters. The molecule has 0 aromatic carbocycles. The number of nitrogens with one attached hydrogen (secondary N) is 1. The van der Waals surface area contributed by atoms with E-state index in [1.807, 2.05) is 0 Å². The Balaban J connectivity index is 2.13. The SMILES string of the molecule is CCNCC1CCCCCC1Cc1c(Br)c(C)nn1CC. The summed E-state index contributed by atoms with van der Waals surface area (Å²) >= 11 is 3.76. The molecule has 1 heterocycles. The zero-order valence-corrected chi connectivity index (χ0v) is 15.4. The van der Waals surface area contributed by atoms with E-state index in [2.05, 4.69) is 51.8 Å². The first kappa shape index (κ1) is 17.0. The van der Waals surface area contributed by atoms with Gasteiger partial charge in [0.05, 0.1) is 15.9 Å². The molecule has 0 bridgehead atoms. The van der Waals surface area contributed by atoms with Crippen molar-refractivity contribution < 1.29 is 0 Å². The Bertz CT molecular complexity index is 441. The third-order valence-electron chi connectivity index (χ3n) is 4.88. The van der Waals surface area contributed by atoms with Gasteiger partial charge in [-0.15, -0.1) is 0 Å². The van der Waals surface area contributed by atoms with Crippen LogP contribution in [0, 0.1) is 18.8 Å². The van der Waals surface area contributed by atoms with Gasteiger partial charge in [0.2, 0.25) is 0 Å². The van der Waals surface area contributed by atoms with E-state index in [-0.39, 0.29) is 0 Å². The zero-order valence-electron chi connectivity index (χ0n) is 13.8. The number of rotatable bonds is 6. The lowest BCUT2D eigenvalue weighted by molar-refractivity contribution is 0.294. The molecule has 0 amide bonds. The van der Waals surface area contributed by atoms with Gasteiger partial charge in [-0.1, -0.05) is 26.2 Å². The molecule has 21 heavy (non-hydrogen) atoms. The molecule has 1 aromatic heterocycles. The van der Waals surface area contributed by atoms with E-state index in [9.17, 15) is 0 Å². The van der Waals surface area contributed by atoms with Crippen molar-refractivity contribution in [1.29, 1.82) is 0 Å². The Morgan fingerprint density at radius 1 is 1.19 bits per heavy atom. The smallest absolute Gasteiger partial charge is 0.0738 e. The summed E-state index contributed by atoms with van der Waals surface area (Å²) in [7, 11) is 0. The van der Waals surface area contributed by atoms with Crippen LogP contribution in [0.25, 0.3) is 0 Å². The lowest BCUT2D eigenvalue weighted by Crippen LogP contribution is -2.29. The van der Waals surface area contributed by atoms with Gasteiger partial charge in [0.15, 0.2) is 0 Å². The van der Waals surface area contributed by atoms with Crippen molar-refractivity contribution in [1.82, 2.24) is 15.1 Å². The van der Waals surface area contributed by atoms with Crippen LogP contribution in [0.1, 0.15) is 57.3 Å². The van der Waals surface area contributed by atoms with Gasteiger partial charge in [0.25, 0.3) is 0 Å². The second kappa shape index (κ2) is 8.33. The first-order valence-corrected chi connectivity index (χ1v) is 9.39. The molecule has 120 valence electrons. The van der Waals surface area contributed by atoms with Crippen LogP contribution in [0.2, 0.25) is 0 Å². The van der Waals surface area contributed by atoms with Crippen LogP contribution in [-0.2, 0) is 13.0 Å². The van der Waals surface area contributed by atoms with Crippen LogP contribution in [0.4, 0.5) is 0 Å². The summed E-state index contributed by atoms with van der Waals surface area (Å²) in [4.78, 5) is 0. The first-order chi connectivity index (χ1) is 10.2. The van der Waals surface area contributed by atoms with E-state index in [0.717, 1.165) is 30.6 Å². The number of aryl methyl sites for hydroxylation is 2. The van der Waals surface area contributed by atoms with E-state index >= 15 is 0 Å². The number of nitrogens with zero attached hydrogens (tertiary/aromatic N) is 2. The highest BCUT2D eigenvalue weighted by Crippen LogP contribution is 2.33. The highest BCUT2D eigenvalue weighted by atomic mass is 79.9. The molecule has 0 aliphatic heterocycles. The van der Waals surface area contributed by atoms with Crippen molar-refractivity contribution in [3.63, 3.8) is 0 Å². The third kappa shape index (κ3) is 4.32. The van der Waals surface area contributed by atoms with Gasteiger partial charge in [0.1, 0.15) is 0 Å². The predicted molar refractivity (Wildman–Crippen MR) is 92.7 cm³/mol. The molecule has 1 aliphatic rings. The van der Waals surface area contributed by atoms with Gasteiger partial charge >= 0.3 is 0 Å². The number of hydrogen-bond acceptors (Lipinski definition) is 2. The maximum Gasteiger partial charge on any atom is 0.0738 e. The van der Waals surface area contributed by atoms with Crippen LogP contribution < -0.4 is 5.32 Å². The topological polar surface area (TPSA) is 29.9 Å². The van der Waals surface area contributed by atoms with Crippen molar-refractivity contribution in [3.8, 4) is 0 Å². The molecule has 0 radical (unpaired) electrons. The van der Waals surface area contributed by atoms with Crippen LogP contribution in [-0.4, -0.2) is 22.9 Å². The first-order valence-electron chi connectivity index (χ1n) is 8.59. The van der Waals surface area contributed by atoms with E-state index in [0.29, 0.717) is 0 Å². The third-order valence-corrected chi connectivity index (χ3v) is 5.91. The monoisotopic (exact) mass is 355 g/mol. The van der Waals surface area contributed by atoms with Gasteiger partial charge in [-0.25, -0.2) is 0 Å². The Morgan fingerprint density at radius 2 is 1.90 bits per heavy atom. The van der Waals surface area contributed by atoms with Crippen molar-refractivity contribution >= 4 is 15.9 Å². The summed E-state index contributed by atoms with van der Waals surface area (Å²) in [5.74, 6) is 1.61. The number of halogens is 1. The molecule has 4 heteroatoms. The van der Waals surface area contributed by atoms with Crippen molar-refractivity contribution in [2.45, 2.75) is 65.8 Å². The van der Waals surface area contributed by atoms with Crippen LogP contribution in [0.15, 0.2) is 4.47 Å². The summed E-state index contributed by atoms with van der Waals surface area (Å²) in [6, 6.07) is 0. The molecule has 1 aromatic rings. The highest BCUT2D eigenvalue weighted by molar-refractivity contribution is 9.10. The predicted octanol–water partition coefficient (Wildman–Crippen LogP) is 4.32. The molecule has 1 fully saturated rings. The maximum atomic E-state index is 4.66. The minimum absolute atomic E-state index is 0.796. The lowest BCUT2D eigenvalue weighted by atomic mass is 9.84. The molecular weight excluding hydrogens is 326 g/mol. The van der Waals surface area contributed by atoms with Gasteiger partial charge < -0.3 is 5.32 Å². The summed E-state index contributed by atoms with van der Waals surface area (Å²) in [6.07, 6.45) is 8.13. The molecule has 3 nitrogen and oxygen atoms in total. The lowest BCUT2D eigenvalue weighted by Gasteiger charge is -2.26. The Hall–Kier alpha value is -0.350. The van der Waals surface area contributed by atoms with Crippen LogP contribution >= 0.6 is 15.9 Å². The molecule has 0 saturated heterocycles. The summed E-state index contributed by atoms with van der Waals surface area (Å²) < 4.78 is 3.42. The van der Waals surface area contributed by atoms with Crippen molar-refractivity contribution in [2.75, 3.05) is 13.1 Å². The summed E-state index contributed by atoms with van der Waals surface area (Å²) in [5, 5.41) is 8.23. The van der Waals surface area contributed by atoms with Gasteiger partial charge in [0, 0.05) is 6.54 Å². The Morgan fingerprint density at radius 3 is 2.57 bits per heavy atom. The fraction of sp³-hybridized carbons (Fsp3) is 0.824. The standard InChI is InChI=1S/C17H30BrN3/c1-4-19-12-15-10-8-6-7-9-14(15)11-16-17(18)13(3)20-21(16)5-2/h14-15,19H,4-12H2,1-3H3. The van der Waals surface area contributed by atoms with Crippen LogP contribution in [0.5, 0.6) is 0 Å². The van der Waals surface area contributed by atoms with E-state index in [1.54, 1.807) is 0 Å². The Labute approximate surface area is 138 Å². The average Bonchev–Trinajstić information content (AvgIpc) is 2.67. The molecule has 2 atom stereocenters. The van der Waals surface area contributed by atoms with E-state index in [1.165, 1.54) is 55.2 Å². The molecule has 1 aliphatic carbocycles. The normalized spacial score (nSPS) is 23.2. The van der Waals surface area contributed by atoms with E-state index < -0.39 is 0 Å². The fourth-order valence-electron chi connectivity index (χ4n) is 3.64. The van der Waals surface area contributed by atoms with Gasteiger partial charge in [-0.3, -0.25) is 4.68 Å². The summed E-state index contributed by atoms with van der Waals surface area (Å²) in [5.41, 5.74) is 2.53. The number of hydrogen-bond donors (Lipinski definition) is 1. The molecule has 1 N–H and O–H groups in total. The minimum Gasteiger partial charge on any atom is -0.317 e. The average molecular weight is 356 g/mol. The quantitative estimate of drug-likeness (QED) is 0.769. The van der Waals surface area contributed by atoms with Crippen molar-refractivity contribution in [2.24, 2.45) is 11.8 Å². The minimum atomic E-state index is 0.796. The van der Waals surface area contributed by atoms with Gasteiger partial charge in [-0.2, -0.15) is 5.10 Å². The number of aromatic nitrogens is 2.